The lowest BCUT2D eigenvalue weighted by Gasteiger charge is -2.42. The Morgan fingerprint density at radius 2 is 1.33 bits per heavy atom. The number of rotatable bonds is 4. The lowest BCUT2D eigenvalue weighted by molar-refractivity contribution is 0.292. The van der Waals surface area contributed by atoms with Crippen LogP contribution in [-0.4, -0.2) is 31.7 Å². The Morgan fingerprint density at radius 1 is 0.905 bits per heavy atom. The Kier molecular flexibility index (Phi) is 5.53. The maximum absolute atomic E-state index is 14.1. The highest BCUT2D eigenvalue weighted by Gasteiger charge is 2.49. The molecule has 0 aliphatic heterocycles. The summed E-state index contributed by atoms with van der Waals surface area (Å²) in [5, 5.41) is 0.180. The first-order valence-corrected chi connectivity index (χ1v) is 8.96. The zero-order chi connectivity index (χ0) is 16.5. The van der Waals surface area contributed by atoms with Gasteiger partial charge in [0.1, 0.15) is 7.14 Å². The molecule has 0 aliphatic rings. The third kappa shape index (κ3) is 3.28. The van der Waals surface area contributed by atoms with Crippen molar-refractivity contribution in [2.75, 3.05) is 14.2 Å². The fourth-order valence-corrected chi connectivity index (χ4v) is 7.35. The van der Waals surface area contributed by atoms with E-state index in [1.54, 1.807) is 14.2 Å². The smallest absolute Gasteiger partial charge is 0.410 e. The van der Waals surface area contributed by atoms with Crippen LogP contribution in [0.3, 0.4) is 0 Å². The van der Waals surface area contributed by atoms with Gasteiger partial charge in [0, 0.05) is 29.8 Å². The van der Waals surface area contributed by atoms with E-state index in [0.29, 0.717) is 0 Å². The molecule has 0 saturated carbocycles. The summed E-state index contributed by atoms with van der Waals surface area (Å²) in [5.74, 6) is 0. The molecule has 0 aliphatic carbocycles. The summed E-state index contributed by atoms with van der Waals surface area (Å²) in [6, 6.07) is 7.76. The van der Waals surface area contributed by atoms with Crippen molar-refractivity contribution in [2.45, 2.75) is 51.9 Å². The molecule has 1 rings (SSSR count). The molecule has 0 atom stereocenters. The van der Waals surface area contributed by atoms with Crippen molar-refractivity contribution >= 4 is 25.0 Å². The van der Waals surface area contributed by atoms with E-state index in [1.807, 2.05) is 65.8 Å². The topological polar surface area (TPSA) is 35.5 Å². The van der Waals surface area contributed by atoms with Crippen LogP contribution < -0.4 is 10.8 Å². The molecule has 21 heavy (non-hydrogen) atoms. The van der Waals surface area contributed by atoms with Crippen LogP contribution in [0.25, 0.3) is 0 Å². The minimum absolute atomic E-state index is 0.340. The third-order valence-electron chi connectivity index (χ3n) is 3.85. The molecule has 1 aromatic carbocycles. The molecule has 0 unspecified atom stereocenters. The Bertz CT molecular complexity index is 507. The maximum atomic E-state index is 14.1. The lowest BCUT2D eigenvalue weighted by atomic mass is 9.79. The first-order valence-electron chi connectivity index (χ1n) is 7.26. The number of hydrogen-bond donors (Lipinski definition) is 0. The average Bonchev–Trinajstić information content (AvgIpc) is 2.37. The van der Waals surface area contributed by atoms with Gasteiger partial charge in [-0.05, 0) is 5.46 Å². The predicted octanol–water partition coefficient (Wildman–Crippen LogP) is 3.26. The van der Waals surface area contributed by atoms with Crippen molar-refractivity contribution in [1.29, 1.82) is 0 Å². The van der Waals surface area contributed by atoms with Gasteiger partial charge in [0.15, 0.2) is 0 Å². The minimum Gasteiger partial charge on any atom is -0.410 e. The summed E-state index contributed by atoms with van der Waals surface area (Å²) in [5.41, 5.74) is 0.857. The molecule has 1 aromatic rings. The fraction of sp³-hybridized carbons (Fsp3) is 0.625. The quantitative estimate of drug-likeness (QED) is 0.632. The average molecular weight is 310 g/mol. The van der Waals surface area contributed by atoms with Gasteiger partial charge >= 0.3 is 7.12 Å². The van der Waals surface area contributed by atoms with E-state index in [4.69, 9.17) is 9.31 Å². The van der Waals surface area contributed by atoms with Gasteiger partial charge in [-0.2, -0.15) is 0 Å². The standard InChI is InChI=1S/C16H28BO3P/c1-15(2,3)21(18,16(4,5)6)14-12-10-9-11-13(14)17(19-7)20-8/h9-12H,1-8H3. The minimum atomic E-state index is -2.72. The first-order chi connectivity index (χ1) is 9.50. The zero-order valence-corrected chi connectivity index (χ0v) is 15.5. The van der Waals surface area contributed by atoms with Crippen LogP contribution in [0.5, 0.6) is 0 Å². The highest BCUT2D eigenvalue weighted by Crippen LogP contribution is 2.65. The molecule has 0 N–H and O–H groups in total. The van der Waals surface area contributed by atoms with E-state index in [1.165, 1.54) is 0 Å². The van der Waals surface area contributed by atoms with Gasteiger partial charge in [0.2, 0.25) is 0 Å². The van der Waals surface area contributed by atoms with Gasteiger partial charge in [-0.25, -0.2) is 0 Å². The van der Waals surface area contributed by atoms with Crippen LogP contribution in [0, 0.1) is 0 Å². The molecule has 3 nitrogen and oxygen atoms in total. The van der Waals surface area contributed by atoms with Gasteiger partial charge in [-0.3, -0.25) is 0 Å². The molecule has 0 heterocycles. The Labute approximate surface area is 129 Å². The van der Waals surface area contributed by atoms with Gasteiger partial charge in [-0.15, -0.1) is 0 Å². The number of hydrogen-bond acceptors (Lipinski definition) is 3. The van der Waals surface area contributed by atoms with E-state index in [0.717, 1.165) is 10.8 Å². The summed E-state index contributed by atoms with van der Waals surface area (Å²) < 4.78 is 24.9. The molecule has 0 bridgehead atoms. The zero-order valence-electron chi connectivity index (χ0n) is 14.6. The summed E-state index contributed by atoms with van der Waals surface area (Å²) in [6.07, 6.45) is 0. The van der Waals surface area contributed by atoms with Gasteiger partial charge in [-0.1, -0.05) is 65.8 Å². The van der Waals surface area contributed by atoms with Gasteiger partial charge in [0.05, 0.1) is 0 Å². The summed E-state index contributed by atoms with van der Waals surface area (Å²) in [4.78, 5) is 0. The Morgan fingerprint density at radius 3 is 1.71 bits per heavy atom. The lowest BCUT2D eigenvalue weighted by Crippen LogP contribution is -2.48. The van der Waals surface area contributed by atoms with E-state index >= 15 is 0 Å². The van der Waals surface area contributed by atoms with Crippen molar-refractivity contribution in [3.63, 3.8) is 0 Å². The summed E-state index contributed by atoms with van der Waals surface area (Å²) in [7, 11) is -0.0155. The van der Waals surface area contributed by atoms with Gasteiger partial charge < -0.3 is 13.9 Å². The second kappa shape index (κ2) is 6.28. The normalized spacial score (nSPS) is 13.3. The molecule has 5 heteroatoms. The van der Waals surface area contributed by atoms with Crippen LogP contribution in [0.1, 0.15) is 41.5 Å². The largest absolute Gasteiger partial charge is 0.494 e. The van der Waals surface area contributed by atoms with Crippen molar-refractivity contribution in [1.82, 2.24) is 0 Å². The summed E-state index contributed by atoms with van der Waals surface area (Å²) >= 11 is 0. The van der Waals surface area contributed by atoms with Crippen LogP contribution in [0.4, 0.5) is 0 Å². The molecule has 0 radical (unpaired) electrons. The van der Waals surface area contributed by atoms with Crippen molar-refractivity contribution in [2.24, 2.45) is 0 Å². The molecular formula is C16H28BO3P. The highest BCUT2D eigenvalue weighted by atomic mass is 31.2. The molecule has 0 saturated heterocycles. The SMILES string of the molecule is COB(OC)c1ccccc1P(=O)(C(C)(C)C)C(C)(C)C. The van der Waals surface area contributed by atoms with Crippen LogP contribution in [0.2, 0.25) is 0 Å². The first kappa shape index (κ1) is 18.5. The summed E-state index contributed by atoms with van der Waals surface area (Å²) in [6.45, 7) is 12.3. The fourth-order valence-electron chi connectivity index (χ4n) is 3.05. The van der Waals surface area contributed by atoms with E-state index in [-0.39, 0.29) is 10.3 Å². The van der Waals surface area contributed by atoms with E-state index in [2.05, 4.69) is 0 Å². The van der Waals surface area contributed by atoms with Crippen molar-refractivity contribution in [3.8, 4) is 0 Å². The highest BCUT2D eigenvalue weighted by molar-refractivity contribution is 7.74. The number of benzene rings is 1. The van der Waals surface area contributed by atoms with Crippen LogP contribution >= 0.6 is 7.14 Å². The Balaban J connectivity index is 3.67. The van der Waals surface area contributed by atoms with E-state index < -0.39 is 14.3 Å². The monoisotopic (exact) mass is 310 g/mol. The van der Waals surface area contributed by atoms with Crippen LogP contribution in [-0.2, 0) is 13.9 Å². The molecular weight excluding hydrogens is 282 g/mol. The molecule has 0 amide bonds. The third-order valence-corrected chi connectivity index (χ3v) is 8.71. The second-order valence-corrected chi connectivity index (χ2v) is 11.7. The van der Waals surface area contributed by atoms with Crippen LogP contribution in [0.15, 0.2) is 24.3 Å². The van der Waals surface area contributed by atoms with Crippen molar-refractivity contribution in [3.05, 3.63) is 24.3 Å². The molecule has 0 spiro atoms. The second-order valence-electron chi connectivity index (χ2n) is 7.31. The molecule has 0 fully saturated rings. The molecule has 0 aromatic heterocycles. The van der Waals surface area contributed by atoms with Gasteiger partial charge in [0.25, 0.3) is 0 Å². The maximum Gasteiger partial charge on any atom is 0.494 e. The molecule has 118 valence electrons. The van der Waals surface area contributed by atoms with E-state index in [9.17, 15) is 4.57 Å². The van der Waals surface area contributed by atoms with Crippen molar-refractivity contribution < 1.29 is 13.9 Å². The predicted molar refractivity (Wildman–Crippen MR) is 92.6 cm³/mol. The Hall–Kier alpha value is -0.565.